The van der Waals surface area contributed by atoms with Gasteiger partial charge in [0.2, 0.25) is 0 Å². The lowest BCUT2D eigenvalue weighted by molar-refractivity contribution is 0.356. The van der Waals surface area contributed by atoms with Gasteiger partial charge in [0.15, 0.2) is 11.5 Å². The van der Waals surface area contributed by atoms with E-state index in [0.717, 1.165) is 46.0 Å². The SMILES string of the molecule is COc1cccc(-c2nn(-c3ccccc3)cc2-c2nc3ccccn3c2Cc2ccccc2)c1OC. The van der Waals surface area contributed by atoms with Crippen molar-refractivity contribution < 1.29 is 9.47 Å². The fourth-order valence-corrected chi connectivity index (χ4v) is 4.75. The first-order chi connectivity index (χ1) is 18.3. The Morgan fingerprint density at radius 1 is 0.703 bits per heavy atom. The van der Waals surface area contributed by atoms with Crippen LogP contribution in [-0.4, -0.2) is 33.4 Å². The summed E-state index contributed by atoms with van der Waals surface area (Å²) in [5.41, 5.74) is 7.58. The van der Waals surface area contributed by atoms with Gasteiger partial charge in [0.25, 0.3) is 0 Å². The molecule has 0 aliphatic heterocycles. The Morgan fingerprint density at radius 3 is 2.22 bits per heavy atom. The van der Waals surface area contributed by atoms with Crippen LogP contribution in [0.4, 0.5) is 0 Å². The van der Waals surface area contributed by atoms with Crippen LogP contribution in [0.5, 0.6) is 11.5 Å². The van der Waals surface area contributed by atoms with Crippen LogP contribution in [-0.2, 0) is 6.42 Å². The first-order valence-electron chi connectivity index (χ1n) is 12.1. The summed E-state index contributed by atoms with van der Waals surface area (Å²) < 4.78 is 15.5. The number of methoxy groups -OCH3 is 2. The smallest absolute Gasteiger partial charge is 0.170 e. The molecule has 0 saturated carbocycles. The molecule has 0 amide bonds. The van der Waals surface area contributed by atoms with E-state index in [0.29, 0.717) is 11.5 Å². The maximum atomic E-state index is 5.81. The standard InChI is InChI=1S/C31H26N4O2/c1-36-27-17-11-16-24(31(27)37-2)29-25(21-35(33-29)23-14-7-4-8-15-23)30-26(20-22-12-5-3-6-13-22)34-19-10-9-18-28(34)32-30/h3-19,21H,20H2,1-2H3. The number of ether oxygens (including phenoxy) is 2. The van der Waals surface area contributed by atoms with Gasteiger partial charge in [-0.3, -0.25) is 0 Å². The van der Waals surface area contributed by atoms with E-state index in [1.165, 1.54) is 5.56 Å². The van der Waals surface area contributed by atoms with Crippen molar-refractivity contribution in [1.29, 1.82) is 0 Å². The Balaban J connectivity index is 1.63. The fourth-order valence-electron chi connectivity index (χ4n) is 4.75. The molecule has 0 N–H and O–H groups in total. The van der Waals surface area contributed by atoms with Crippen molar-refractivity contribution in [1.82, 2.24) is 19.2 Å². The average molecular weight is 487 g/mol. The van der Waals surface area contributed by atoms with Gasteiger partial charge in [-0.1, -0.05) is 60.7 Å². The zero-order valence-corrected chi connectivity index (χ0v) is 20.7. The first-order valence-corrected chi connectivity index (χ1v) is 12.1. The summed E-state index contributed by atoms with van der Waals surface area (Å²) in [7, 11) is 3.30. The van der Waals surface area contributed by atoms with Crippen molar-refractivity contribution in [2.24, 2.45) is 0 Å². The molecule has 0 spiro atoms. The molecule has 0 aliphatic rings. The summed E-state index contributed by atoms with van der Waals surface area (Å²) in [6.45, 7) is 0. The van der Waals surface area contributed by atoms with E-state index >= 15 is 0 Å². The van der Waals surface area contributed by atoms with Crippen LogP contribution in [0.25, 0.3) is 33.8 Å². The lowest BCUT2D eigenvalue weighted by Gasteiger charge is -2.12. The van der Waals surface area contributed by atoms with Gasteiger partial charge in [0.05, 0.1) is 31.3 Å². The number of rotatable bonds is 7. The number of pyridine rings is 1. The monoisotopic (exact) mass is 486 g/mol. The van der Waals surface area contributed by atoms with E-state index in [1.807, 2.05) is 77.5 Å². The highest BCUT2D eigenvalue weighted by Crippen LogP contribution is 2.42. The number of hydrogen-bond donors (Lipinski definition) is 0. The zero-order chi connectivity index (χ0) is 25.2. The van der Waals surface area contributed by atoms with E-state index < -0.39 is 0 Å². The summed E-state index contributed by atoms with van der Waals surface area (Å²) in [6, 6.07) is 32.5. The molecule has 6 nitrogen and oxygen atoms in total. The molecule has 0 radical (unpaired) electrons. The molecule has 6 aromatic rings. The molecule has 0 saturated heterocycles. The number of nitrogens with zero attached hydrogens (tertiary/aromatic N) is 4. The van der Waals surface area contributed by atoms with Gasteiger partial charge in [-0.2, -0.15) is 5.10 Å². The van der Waals surface area contributed by atoms with Crippen LogP contribution >= 0.6 is 0 Å². The minimum atomic E-state index is 0.637. The van der Waals surface area contributed by atoms with Crippen molar-refractivity contribution in [3.05, 3.63) is 121 Å². The van der Waals surface area contributed by atoms with E-state index in [1.54, 1.807) is 14.2 Å². The van der Waals surface area contributed by atoms with E-state index in [9.17, 15) is 0 Å². The minimum absolute atomic E-state index is 0.637. The molecule has 3 aromatic carbocycles. The highest BCUT2D eigenvalue weighted by Gasteiger charge is 2.24. The van der Waals surface area contributed by atoms with Crippen molar-refractivity contribution in [2.45, 2.75) is 6.42 Å². The summed E-state index contributed by atoms with van der Waals surface area (Å²) >= 11 is 0. The molecule has 6 heteroatoms. The van der Waals surface area contributed by atoms with Gasteiger partial charge in [-0.25, -0.2) is 9.67 Å². The summed E-state index contributed by atoms with van der Waals surface area (Å²) in [5, 5.41) is 5.06. The van der Waals surface area contributed by atoms with Gasteiger partial charge in [0.1, 0.15) is 11.3 Å². The van der Waals surface area contributed by atoms with Gasteiger partial charge in [-0.15, -0.1) is 0 Å². The number of fused-ring (bicyclic) bond motifs is 1. The predicted molar refractivity (Wildman–Crippen MR) is 146 cm³/mol. The molecule has 182 valence electrons. The van der Waals surface area contributed by atoms with E-state index in [4.69, 9.17) is 19.6 Å². The van der Waals surface area contributed by atoms with E-state index in [2.05, 4.69) is 41.1 Å². The summed E-state index contributed by atoms with van der Waals surface area (Å²) in [5.74, 6) is 1.29. The maximum absolute atomic E-state index is 5.81. The predicted octanol–water partition coefficient (Wildman–Crippen LogP) is 6.46. The fraction of sp³-hybridized carbons (Fsp3) is 0.0968. The summed E-state index contributed by atoms with van der Waals surface area (Å²) in [4.78, 5) is 5.11. The Labute approximate surface area is 215 Å². The zero-order valence-electron chi connectivity index (χ0n) is 20.7. The second-order valence-corrected chi connectivity index (χ2v) is 8.71. The third-order valence-electron chi connectivity index (χ3n) is 6.49. The molecule has 3 aromatic heterocycles. The van der Waals surface area contributed by atoms with Gasteiger partial charge < -0.3 is 13.9 Å². The molecule has 0 bridgehead atoms. The average Bonchev–Trinajstić information content (AvgIpc) is 3.56. The Hall–Kier alpha value is -4.84. The second kappa shape index (κ2) is 9.66. The topological polar surface area (TPSA) is 53.6 Å². The van der Waals surface area contributed by atoms with Crippen LogP contribution in [0.1, 0.15) is 11.3 Å². The molecule has 0 aliphatic carbocycles. The molecule has 6 rings (SSSR count). The first kappa shape index (κ1) is 22.6. The summed E-state index contributed by atoms with van der Waals surface area (Å²) in [6.07, 6.45) is 4.85. The quantitative estimate of drug-likeness (QED) is 0.260. The van der Waals surface area contributed by atoms with Crippen molar-refractivity contribution in [3.63, 3.8) is 0 Å². The van der Waals surface area contributed by atoms with Crippen molar-refractivity contribution in [3.8, 4) is 39.7 Å². The number of benzene rings is 3. The van der Waals surface area contributed by atoms with Gasteiger partial charge in [-0.05, 0) is 42.0 Å². The van der Waals surface area contributed by atoms with Crippen LogP contribution in [0.3, 0.4) is 0 Å². The third kappa shape index (κ3) is 4.12. The Kier molecular flexibility index (Phi) is 5.91. The molecular formula is C31H26N4O2. The molecule has 37 heavy (non-hydrogen) atoms. The number of aromatic nitrogens is 4. The van der Waals surface area contributed by atoms with Crippen molar-refractivity contribution >= 4 is 5.65 Å². The van der Waals surface area contributed by atoms with Gasteiger partial charge >= 0.3 is 0 Å². The van der Waals surface area contributed by atoms with Crippen LogP contribution in [0.15, 0.2) is 109 Å². The number of hydrogen-bond acceptors (Lipinski definition) is 4. The molecule has 0 fully saturated rings. The highest BCUT2D eigenvalue weighted by molar-refractivity contribution is 5.85. The van der Waals surface area contributed by atoms with Crippen molar-refractivity contribution in [2.75, 3.05) is 14.2 Å². The molecule has 0 unspecified atom stereocenters. The molecule has 0 atom stereocenters. The minimum Gasteiger partial charge on any atom is -0.493 e. The van der Waals surface area contributed by atoms with Crippen LogP contribution in [0.2, 0.25) is 0 Å². The number of imidazole rings is 1. The third-order valence-corrected chi connectivity index (χ3v) is 6.49. The Morgan fingerprint density at radius 2 is 1.46 bits per heavy atom. The lowest BCUT2D eigenvalue weighted by atomic mass is 10.0. The molecule has 3 heterocycles. The molecular weight excluding hydrogens is 460 g/mol. The van der Waals surface area contributed by atoms with Gasteiger partial charge in [0, 0.05) is 29.9 Å². The largest absolute Gasteiger partial charge is 0.493 e. The maximum Gasteiger partial charge on any atom is 0.170 e. The lowest BCUT2D eigenvalue weighted by Crippen LogP contribution is -1.98. The van der Waals surface area contributed by atoms with Crippen LogP contribution < -0.4 is 9.47 Å². The van der Waals surface area contributed by atoms with E-state index in [-0.39, 0.29) is 0 Å². The Bertz CT molecular complexity index is 1670. The number of para-hydroxylation sites is 2. The highest BCUT2D eigenvalue weighted by atomic mass is 16.5. The normalized spacial score (nSPS) is 11.1. The van der Waals surface area contributed by atoms with Crippen LogP contribution in [0, 0.1) is 0 Å². The second-order valence-electron chi connectivity index (χ2n) is 8.71.